The first-order valence-corrected chi connectivity index (χ1v) is 7.29. The molecule has 1 N–H and O–H groups in total. The Balaban J connectivity index is 1.92. The molecule has 0 saturated carbocycles. The van der Waals surface area contributed by atoms with Gasteiger partial charge in [-0.3, -0.25) is 4.79 Å². The number of amides is 1. The van der Waals surface area contributed by atoms with Gasteiger partial charge in [0.1, 0.15) is 5.75 Å². The highest BCUT2D eigenvalue weighted by atomic mass is 16.5. The maximum Gasteiger partial charge on any atom is 0.271 e. The van der Waals surface area contributed by atoms with E-state index in [1.807, 2.05) is 44.2 Å². The van der Waals surface area contributed by atoms with E-state index in [0.717, 1.165) is 11.5 Å². The number of nitrogens with zero attached hydrogens (tertiary/aromatic N) is 1. The Morgan fingerprint density at radius 3 is 2.41 bits per heavy atom. The van der Waals surface area contributed by atoms with E-state index in [0.29, 0.717) is 18.6 Å². The summed E-state index contributed by atoms with van der Waals surface area (Å²) in [5.74, 6) is 0.526. The Kier molecular flexibility index (Phi) is 5.72. The normalized spacial score (nSPS) is 11.1. The van der Waals surface area contributed by atoms with Gasteiger partial charge in [0.25, 0.3) is 5.91 Å². The lowest BCUT2D eigenvalue weighted by Gasteiger charge is -2.05. The summed E-state index contributed by atoms with van der Waals surface area (Å²) in [6.07, 6.45) is 0.713. The number of hydrogen-bond donors (Lipinski definition) is 1. The Hall–Kier alpha value is -2.62. The molecule has 0 atom stereocenters. The maximum absolute atomic E-state index is 12.0. The van der Waals surface area contributed by atoms with Crippen molar-refractivity contribution in [2.24, 2.45) is 5.10 Å². The van der Waals surface area contributed by atoms with Crippen LogP contribution in [0.25, 0.3) is 0 Å². The molecule has 2 rings (SSSR count). The van der Waals surface area contributed by atoms with Crippen LogP contribution in [0, 0.1) is 0 Å². The van der Waals surface area contributed by atoms with Crippen LogP contribution < -0.4 is 10.2 Å². The van der Waals surface area contributed by atoms with Crippen molar-refractivity contribution >= 4 is 11.6 Å². The number of carbonyl (C=O) groups is 1. The fourth-order valence-electron chi connectivity index (χ4n) is 2.01. The zero-order valence-corrected chi connectivity index (χ0v) is 12.9. The van der Waals surface area contributed by atoms with Crippen molar-refractivity contribution in [1.82, 2.24) is 5.43 Å². The molecule has 1 amide bonds. The Labute approximate surface area is 130 Å². The van der Waals surface area contributed by atoms with Gasteiger partial charge in [-0.1, -0.05) is 30.3 Å². The third kappa shape index (κ3) is 4.74. The first-order chi connectivity index (χ1) is 10.7. The zero-order valence-electron chi connectivity index (χ0n) is 12.9. The molecule has 0 aliphatic heterocycles. The van der Waals surface area contributed by atoms with Gasteiger partial charge in [-0.15, -0.1) is 0 Å². The highest BCUT2D eigenvalue weighted by Gasteiger charge is 2.05. The molecular formula is C18H20N2O2. The second-order valence-corrected chi connectivity index (χ2v) is 4.91. The third-order valence-electron chi connectivity index (χ3n) is 3.08. The summed E-state index contributed by atoms with van der Waals surface area (Å²) >= 11 is 0. The summed E-state index contributed by atoms with van der Waals surface area (Å²) in [4.78, 5) is 12.0. The lowest BCUT2D eigenvalue weighted by molar-refractivity contribution is 0.0954. The smallest absolute Gasteiger partial charge is 0.271 e. The number of hydrazone groups is 1. The summed E-state index contributed by atoms with van der Waals surface area (Å²) in [5.41, 5.74) is 5.15. The average molecular weight is 296 g/mol. The van der Waals surface area contributed by atoms with E-state index in [1.54, 1.807) is 24.3 Å². The molecule has 2 aromatic rings. The first-order valence-electron chi connectivity index (χ1n) is 7.29. The highest BCUT2D eigenvalue weighted by Crippen LogP contribution is 2.12. The summed E-state index contributed by atoms with van der Waals surface area (Å²) in [7, 11) is 0. The topological polar surface area (TPSA) is 50.7 Å². The van der Waals surface area contributed by atoms with E-state index in [-0.39, 0.29) is 5.91 Å². The SMILES string of the molecule is CCOc1ccc(C(=O)NN=C(C)Cc2ccccc2)cc1. The summed E-state index contributed by atoms with van der Waals surface area (Å²) in [5, 5.41) is 4.14. The maximum atomic E-state index is 12.0. The quantitative estimate of drug-likeness (QED) is 0.656. The lowest BCUT2D eigenvalue weighted by Crippen LogP contribution is -2.19. The molecule has 4 heteroatoms. The van der Waals surface area contributed by atoms with Crippen molar-refractivity contribution in [3.63, 3.8) is 0 Å². The van der Waals surface area contributed by atoms with Crippen molar-refractivity contribution in [1.29, 1.82) is 0 Å². The van der Waals surface area contributed by atoms with Gasteiger partial charge in [-0.05, 0) is 43.7 Å². The molecule has 22 heavy (non-hydrogen) atoms. The van der Waals surface area contributed by atoms with Crippen molar-refractivity contribution < 1.29 is 9.53 Å². The molecule has 0 aliphatic carbocycles. The van der Waals surface area contributed by atoms with Gasteiger partial charge < -0.3 is 4.74 Å². The minimum atomic E-state index is -0.226. The number of ether oxygens (including phenoxy) is 1. The second kappa shape index (κ2) is 7.98. The number of benzene rings is 2. The predicted molar refractivity (Wildman–Crippen MR) is 88.3 cm³/mol. The molecule has 0 bridgehead atoms. The van der Waals surface area contributed by atoms with E-state index in [4.69, 9.17) is 4.74 Å². The van der Waals surface area contributed by atoms with Gasteiger partial charge in [0.15, 0.2) is 0 Å². The van der Waals surface area contributed by atoms with E-state index in [1.165, 1.54) is 5.56 Å². The number of nitrogens with one attached hydrogen (secondary N) is 1. The van der Waals surface area contributed by atoms with Crippen LogP contribution in [0.3, 0.4) is 0 Å². The molecule has 0 aliphatic rings. The van der Waals surface area contributed by atoms with Crippen LogP contribution in [0.1, 0.15) is 29.8 Å². The number of carbonyl (C=O) groups excluding carboxylic acids is 1. The molecule has 0 heterocycles. The molecule has 114 valence electrons. The van der Waals surface area contributed by atoms with Crippen molar-refractivity contribution in [2.45, 2.75) is 20.3 Å². The fourth-order valence-corrected chi connectivity index (χ4v) is 2.01. The van der Waals surface area contributed by atoms with Gasteiger partial charge in [-0.2, -0.15) is 5.10 Å². The molecule has 0 spiro atoms. The van der Waals surface area contributed by atoms with Crippen molar-refractivity contribution in [3.05, 3.63) is 65.7 Å². The van der Waals surface area contributed by atoms with Crippen molar-refractivity contribution in [2.75, 3.05) is 6.61 Å². The van der Waals surface area contributed by atoms with Gasteiger partial charge in [0.05, 0.1) is 6.61 Å². The van der Waals surface area contributed by atoms with Gasteiger partial charge in [0.2, 0.25) is 0 Å². The number of hydrogen-bond acceptors (Lipinski definition) is 3. The van der Waals surface area contributed by atoms with Crippen LogP contribution >= 0.6 is 0 Å². The van der Waals surface area contributed by atoms with Crippen LogP contribution in [0.2, 0.25) is 0 Å². The van der Waals surface area contributed by atoms with Crippen LogP contribution in [-0.4, -0.2) is 18.2 Å². The molecule has 2 aromatic carbocycles. The van der Waals surface area contributed by atoms with Gasteiger partial charge in [-0.25, -0.2) is 5.43 Å². The number of rotatable bonds is 6. The molecule has 0 saturated heterocycles. The van der Waals surface area contributed by atoms with E-state index in [9.17, 15) is 4.79 Å². The average Bonchev–Trinajstić information content (AvgIpc) is 2.54. The largest absolute Gasteiger partial charge is 0.494 e. The van der Waals surface area contributed by atoms with E-state index < -0.39 is 0 Å². The minimum absolute atomic E-state index is 0.226. The second-order valence-electron chi connectivity index (χ2n) is 4.91. The Morgan fingerprint density at radius 2 is 1.77 bits per heavy atom. The molecule has 0 aromatic heterocycles. The Morgan fingerprint density at radius 1 is 1.09 bits per heavy atom. The predicted octanol–water partition coefficient (Wildman–Crippen LogP) is 3.43. The molecular weight excluding hydrogens is 276 g/mol. The van der Waals surface area contributed by atoms with Gasteiger partial charge in [0, 0.05) is 17.7 Å². The zero-order chi connectivity index (χ0) is 15.8. The monoisotopic (exact) mass is 296 g/mol. The molecule has 0 fully saturated rings. The summed E-state index contributed by atoms with van der Waals surface area (Å²) in [6, 6.07) is 17.0. The highest BCUT2D eigenvalue weighted by molar-refractivity contribution is 5.95. The van der Waals surface area contributed by atoms with Crippen LogP contribution in [0.4, 0.5) is 0 Å². The molecule has 0 radical (unpaired) electrons. The first kappa shape index (κ1) is 15.8. The lowest BCUT2D eigenvalue weighted by atomic mass is 10.1. The van der Waals surface area contributed by atoms with E-state index in [2.05, 4.69) is 10.5 Å². The summed E-state index contributed by atoms with van der Waals surface area (Å²) < 4.78 is 5.35. The standard InChI is InChI=1S/C18H20N2O2/c1-3-22-17-11-9-16(10-12-17)18(21)20-19-14(2)13-15-7-5-4-6-8-15/h4-12H,3,13H2,1-2H3,(H,20,21). The van der Waals surface area contributed by atoms with E-state index >= 15 is 0 Å². The fraction of sp³-hybridized carbons (Fsp3) is 0.222. The van der Waals surface area contributed by atoms with Gasteiger partial charge >= 0.3 is 0 Å². The van der Waals surface area contributed by atoms with Crippen LogP contribution in [-0.2, 0) is 6.42 Å². The van der Waals surface area contributed by atoms with Crippen LogP contribution in [0.5, 0.6) is 5.75 Å². The summed E-state index contributed by atoms with van der Waals surface area (Å²) in [6.45, 7) is 4.42. The van der Waals surface area contributed by atoms with Crippen molar-refractivity contribution in [3.8, 4) is 5.75 Å². The molecule has 4 nitrogen and oxygen atoms in total. The minimum Gasteiger partial charge on any atom is -0.494 e. The Bertz CT molecular complexity index is 634. The molecule has 0 unspecified atom stereocenters. The van der Waals surface area contributed by atoms with Crippen LogP contribution in [0.15, 0.2) is 59.7 Å². The third-order valence-corrected chi connectivity index (χ3v) is 3.08.